The van der Waals surface area contributed by atoms with E-state index in [9.17, 15) is 5.11 Å². The third kappa shape index (κ3) is 0.864. The predicted molar refractivity (Wildman–Crippen MR) is 35.2 cm³/mol. The Kier molecular flexibility index (Phi) is 1.24. The molecule has 2 nitrogen and oxygen atoms in total. The number of nitrogens with one attached hydrogen (secondary N) is 1. The molecule has 2 fully saturated rings. The van der Waals surface area contributed by atoms with Gasteiger partial charge in [-0.1, -0.05) is 6.42 Å². The first kappa shape index (κ1) is 5.69. The van der Waals surface area contributed by atoms with E-state index >= 15 is 0 Å². The number of piperidine rings is 1. The molecule has 2 rings (SSSR count). The van der Waals surface area contributed by atoms with E-state index in [1.165, 1.54) is 19.3 Å². The number of hydrogen-bond donors (Lipinski definition) is 2. The molecule has 2 N–H and O–H groups in total. The molecule has 2 aliphatic heterocycles. The molecular weight excluding hydrogens is 114 g/mol. The van der Waals surface area contributed by atoms with Gasteiger partial charge in [0.05, 0.1) is 6.10 Å². The minimum Gasteiger partial charge on any atom is -0.391 e. The van der Waals surface area contributed by atoms with Crippen LogP contribution in [0.2, 0.25) is 0 Å². The minimum absolute atomic E-state index is 0.0440. The molecule has 3 atom stereocenters. The Balaban J connectivity index is 2.07. The minimum atomic E-state index is -0.0440. The van der Waals surface area contributed by atoms with Gasteiger partial charge in [-0.05, 0) is 19.3 Å². The molecule has 0 aromatic heterocycles. The van der Waals surface area contributed by atoms with E-state index < -0.39 is 0 Å². The van der Waals surface area contributed by atoms with Crippen molar-refractivity contribution in [2.24, 2.45) is 0 Å². The molecule has 0 spiro atoms. The molecule has 0 aromatic carbocycles. The maximum atomic E-state index is 9.34. The summed E-state index contributed by atoms with van der Waals surface area (Å²) in [5, 5.41) is 12.7. The van der Waals surface area contributed by atoms with Gasteiger partial charge in [0.2, 0.25) is 0 Å². The third-order valence-electron chi connectivity index (χ3n) is 2.51. The van der Waals surface area contributed by atoms with Crippen LogP contribution in [0.1, 0.15) is 25.7 Å². The van der Waals surface area contributed by atoms with Crippen molar-refractivity contribution in [2.45, 2.75) is 43.9 Å². The summed E-state index contributed by atoms with van der Waals surface area (Å²) in [4.78, 5) is 0. The number of hydrogen-bond acceptors (Lipinski definition) is 2. The molecular formula is C7H13NO. The zero-order valence-corrected chi connectivity index (χ0v) is 5.51. The average Bonchev–Trinajstić information content (AvgIpc) is 2.09. The second-order valence-corrected chi connectivity index (χ2v) is 3.20. The fourth-order valence-electron chi connectivity index (χ4n) is 2.00. The highest BCUT2D eigenvalue weighted by atomic mass is 16.3. The second kappa shape index (κ2) is 1.96. The highest BCUT2D eigenvalue weighted by molar-refractivity contribution is 4.94. The van der Waals surface area contributed by atoms with E-state index in [1.54, 1.807) is 0 Å². The molecule has 52 valence electrons. The van der Waals surface area contributed by atoms with Gasteiger partial charge >= 0.3 is 0 Å². The Hall–Kier alpha value is -0.0800. The molecule has 2 saturated heterocycles. The highest BCUT2D eigenvalue weighted by Crippen LogP contribution is 2.26. The molecule has 0 amide bonds. The smallest absolute Gasteiger partial charge is 0.0708 e. The molecule has 0 aromatic rings. The Labute approximate surface area is 55.3 Å². The van der Waals surface area contributed by atoms with Gasteiger partial charge in [-0.15, -0.1) is 0 Å². The summed E-state index contributed by atoms with van der Waals surface area (Å²) < 4.78 is 0. The monoisotopic (exact) mass is 127 g/mol. The topological polar surface area (TPSA) is 32.3 Å². The van der Waals surface area contributed by atoms with Crippen molar-refractivity contribution in [1.29, 1.82) is 0 Å². The van der Waals surface area contributed by atoms with Crippen LogP contribution in [0.4, 0.5) is 0 Å². The van der Waals surface area contributed by atoms with Crippen LogP contribution in [0.3, 0.4) is 0 Å². The molecule has 0 unspecified atom stereocenters. The summed E-state index contributed by atoms with van der Waals surface area (Å²) in [6, 6.07) is 1.07. The van der Waals surface area contributed by atoms with Gasteiger partial charge < -0.3 is 10.4 Å². The van der Waals surface area contributed by atoms with Gasteiger partial charge in [-0.25, -0.2) is 0 Å². The zero-order chi connectivity index (χ0) is 6.27. The number of aliphatic hydroxyl groups is 1. The van der Waals surface area contributed by atoms with Crippen molar-refractivity contribution in [1.82, 2.24) is 5.32 Å². The average molecular weight is 127 g/mol. The summed E-state index contributed by atoms with van der Waals surface area (Å²) in [6.45, 7) is 0. The Morgan fingerprint density at radius 3 is 2.89 bits per heavy atom. The fourth-order valence-corrected chi connectivity index (χ4v) is 2.00. The first-order chi connectivity index (χ1) is 4.36. The SMILES string of the molecule is O[C@@H]1C[C@H]2CCC[C@H]1N2. The maximum Gasteiger partial charge on any atom is 0.0708 e. The van der Waals surface area contributed by atoms with Crippen LogP contribution < -0.4 is 5.32 Å². The normalized spacial score (nSPS) is 49.7. The lowest BCUT2D eigenvalue weighted by Gasteiger charge is -2.20. The van der Waals surface area contributed by atoms with E-state index in [-0.39, 0.29) is 6.10 Å². The Morgan fingerprint density at radius 1 is 1.33 bits per heavy atom. The largest absolute Gasteiger partial charge is 0.391 e. The number of aliphatic hydroxyl groups excluding tert-OH is 1. The molecule has 2 aliphatic rings. The van der Waals surface area contributed by atoms with E-state index in [2.05, 4.69) is 5.32 Å². The lowest BCUT2D eigenvalue weighted by atomic mass is 10.1. The van der Waals surface area contributed by atoms with E-state index in [0.717, 1.165) is 6.42 Å². The number of rotatable bonds is 0. The van der Waals surface area contributed by atoms with Gasteiger partial charge in [-0.2, -0.15) is 0 Å². The van der Waals surface area contributed by atoms with Crippen molar-refractivity contribution in [2.75, 3.05) is 0 Å². The molecule has 0 radical (unpaired) electrons. The van der Waals surface area contributed by atoms with Crippen molar-refractivity contribution < 1.29 is 5.11 Å². The van der Waals surface area contributed by atoms with Crippen LogP contribution in [-0.2, 0) is 0 Å². The van der Waals surface area contributed by atoms with E-state index in [0.29, 0.717) is 12.1 Å². The van der Waals surface area contributed by atoms with Gasteiger partial charge in [0, 0.05) is 12.1 Å². The summed E-state index contributed by atoms with van der Waals surface area (Å²) in [6.07, 6.45) is 4.70. The lowest BCUT2D eigenvalue weighted by Crippen LogP contribution is -2.36. The fraction of sp³-hybridized carbons (Fsp3) is 1.00. The number of fused-ring (bicyclic) bond motifs is 2. The van der Waals surface area contributed by atoms with Crippen LogP contribution in [-0.4, -0.2) is 23.3 Å². The second-order valence-electron chi connectivity index (χ2n) is 3.20. The van der Waals surface area contributed by atoms with Crippen LogP contribution in [0.5, 0.6) is 0 Å². The summed E-state index contributed by atoms with van der Waals surface area (Å²) in [7, 11) is 0. The molecule has 0 saturated carbocycles. The maximum absolute atomic E-state index is 9.34. The molecule has 2 heteroatoms. The lowest BCUT2D eigenvalue weighted by molar-refractivity contribution is 0.156. The predicted octanol–water partition coefficient (Wildman–Crippen LogP) is 0.262. The van der Waals surface area contributed by atoms with Crippen LogP contribution in [0.15, 0.2) is 0 Å². The third-order valence-corrected chi connectivity index (χ3v) is 2.51. The van der Waals surface area contributed by atoms with Gasteiger partial charge in [-0.3, -0.25) is 0 Å². The van der Waals surface area contributed by atoms with E-state index in [1.807, 2.05) is 0 Å². The van der Waals surface area contributed by atoms with Gasteiger partial charge in [0.1, 0.15) is 0 Å². The van der Waals surface area contributed by atoms with Crippen molar-refractivity contribution in [3.63, 3.8) is 0 Å². The van der Waals surface area contributed by atoms with Gasteiger partial charge in [0.25, 0.3) is 0 Å². The van der Waals surface area contributed by atoms with Crippen molar-refractivity contribution in [3.8, 4) is 0 Å². The quantitative estimate of drug-likeness (QED) is 0.489. The molecule has 2 heterocycles. The molecule has 2 bridgehead atoms. The van der Waals surface area contributed by atoms with Crippen LogP contribution in [0, 0.1) is 0 Å². The summed E-state index contributed by atoms with van der Waals surface area (Å²) in [5.74, 6) is 0. The first-order valence-electron chi connectivity index (χ1n) is 3.80. The van der Waals surface area contributed by atoms with Crippen molar-refractivity contribution >= 4 is 0 Å². The van der Waals surface area contributed by atoms with Crippen molar-refractivity contribution in [3.05, 3.63) is 0 Å². The van der Waals surface area contributed by atoms with Crippen LogP contribution in [0.25, 0.3) is 0 Å². The van der Waals surface area contributed by atoms with E-state index in [4.69, 9.17) is 0 Å². The highest BCUT2D eigenvalue weighted by Gasteiger charge is 2.34. The summed E-state index contributed by atoms with van der Waals surface area (Å²) in [5.41, 5.74) is 0. The standard InChI is InChI=1S/C7H13NO/c9-7-4-5-2-1-3-6(7)8-5/h5-9H,1-4H2/t5-,6-,7-/m1/s1. The molecule has 0 aliphatic carbocycles. The van der Waals surface area contributed by atoms with Gasteiger partial charge in [0.15, 0.2) is 0 Å². The molecule has 9 heavy (non-hydrogen) atoms. The van der Waals surface area contributed by atoms with Crippen LogP contribution >= 0.6 is 0 Å². The Bertz CT molecular complexity index is 113. The zero-order valence-electron chi connectivity index (χ0n) is 5.51. The first-order valence-corrected chi connectivity index (χ1v) is 3.80. The Morgan fingerprint density at radius 2 is 2.22 bits per heavy atom. The summed E-state index contributed by atoms with van der Waals surface area (Å²) >= 11 is 0.